The molecule has 0 saturated heterocycles. The minimum absolute atomic E-state index is 0.607. The quantitative estimate of drug-likeness (QED) is 0.393. The van der Waals surface area contributed by atoms with Crippen LogP contribution in [0.15, 0.2) is 77.4 Å². The van der Waals surface area contributed by atoms with Crippen molar-refractivity contribution in [2.45, 2.75) is 0 Å². The van der Waals surface area contributed by atoms with Gasteiger partial charge in [-0.1, -0.05) is 48.0 Å². The van der Waals surface area contributed by atoms with Gasteiger partial charge in [-0.05, 0) is 47.5 Å². The van der Waals surface area contributed by atoms with Crippen molar-refractivity contribution in [1.29, 1.82) is 0 Å². The van der Waals surface area contributed by atoms with E-state index >= 15 is 0 Å². The zero-order chi connectivity index (χ0) is 17.9. The van der Waals surface area contributed by atoms with E-state index in [0.717, 1.165) is 33.4 Å². The zero-order valence-electron chi connectivity index (χ0n) is 14.1. The largest absolute Gasteiger partial charge is 0.504 e. The maximum absolute atomic E-state index is 6.18. The van der Waals surface area contributed by atoms with E-state index in [2.05, 4.69) is 4.98 Å². The molecule has 1 aromatic heterocycles. The van der Waals surface area contributed by atoms with Crippen LogP contribution in [0, 0.1) is 0 Å². The number of oxazole rings is 1. The Labute approximate surface area is 156 Å². The second-order valence-electron chi connectivity index (χ2n) is 5.81. The highest BCUT2D eigenvalue weighted by molar-refractivity contribution is 6.30. The summed E-state index contributed by atoms with van der Waals surface area (Å²) in [5, 5.41) is 0.666. The highest BCUT2D eigenvalue weighted by Crippen LogP contribution is 2.35. The number of benzene rings is 3. The molecule has 4 aromatic rings. The first-order valence-electron chi connectivity index (χ1n) is 8.20. The molecule has 3 aromatic carbocycles. The van der Waals surface area contributed by atoms with Crippen molar-refractivity contribution in [3.8, 4) is 22.6 Å². The molecule has 0 N–H and O–H groups in total. The van der Waals surface area contributed by atoms with Crippen molar-refractivity contribution in [2.75, 3.05) is 7.11 Å². The first-order valence-corrected chi connectivity index (χ1v) is 8.58. The summed E-state index contributed by atoms with van der Waals surface area (Å²) in [6, 6.07) is 21.6. The maximum Gasteiger partial charge on any atom is 0.227 e. The van der Waals surface area contributed by atoms with Crippen molar-refractivity contribution in [1.82, 2.24) is 4.98 Å². The Morgan fingerprint density at radius 1 is 0.962 bits per heavy atom. The summed E-state index contributed by atoms with van der Waals surface area (Å²) < 4.78 is 11.2. The summed E-state index contributed by atoms with van der Waals surface area (Å²) in [7, 11) is 1.62. The van der Waals surface area contributed by atoms with Crippen LogP contribution in [-0.2, 0) is 4.74 Å². The van der Waals surface area contributed by atoms with Gasteiger partial charge in [-0.3, -0.25) is 0 Å². The maximum atomic E-state index is 6.18. The van der Waals surface area contributed by atoms with Gasteiger partial charge in [-0.25, -0.2) is 4.98 Å². The summed E-state index contributed by atoms with van der Waals surface area (Å²) in [5.41, 5.74) is 5.43. The molecule has 4 heteroatoms. The standard InChI is InChI=1S/C22H16ClNO2/c1-25-13-12-16-14-17(23)10-11-18(16)19-8-5-9-20-21(19)26-22(24-20)15-6-3-2-4-7-15/h2-14H,1H3. The summed E-state index contributed by atoms with van der Waals surface area (Å²) in [6.07, 6.45) is 3.51. The number of hydrogen-bond acceptors (Lipinski definition) is 3. The number of nitrogens with zero attached hydrogens (tertiary/aromatic N) is 1. The summed E-state index contributed by atoms with van der Waals surface area (Å²) in [5.74, 6) is 0.607. The van der Waals surface area contributed by atoms with Crippen LogP contribution >= 0.6 is 11.6 Å². The molecule has 128 valence electrons. The van der Waals surface area contributed by atoms with Gasteiger partial charge in [0.2, 0.25) is 5.89 Å². The molecule has 0 spiro atoms. The Bertz CT molecular complexity index is 1080. The molecule has 3 nitrogen and oxygen atoms in total. The molecular formula is C22H16ClNO2. The van der Waals surface area contributed by atoms with E-state index in [1.165, 1.54) is 0 Å². The van der Waals surface area contributed by atoms with Crippen LogP contribution in [0.5, 0.6) is 0 Å². The SMILES string of the molecule is COC=Cc1cc(Cl)ccc1-c1cccc2nc(-c3ccccc3)oc12. The topological polar surface area (TPSA) is 35.3 Å². The first kappa shape index (κ1) is 16.4. The summed E-state index contributed by atoms with van der Waals surface area (Å²) in [6.45, 7) is 0. The highest BCUT2D eigenvalue weighted by Gasteiger charge is 2.14. The third-order valence-electron chi connectivity index (χ3n) is 4.12. The van der Waals surface area contributed by atoms with Gasteiger partial charge in [0.15, 0.2) is 5.58 Å². The van der Waals surface area contributed by atoms with Gasteiger partial charge in [0, 0.05) is 16.1 Å². The summed E-state index contributed by atoms with van der Waals surface area (Å²) in [4.78, 5) is 4.64. The Morgan fingerprint density at radius 3 is 2.62 bits per heavy atom. The molecule has 0 fully saturated rings. The lowest BCUT2D eigenvalue weighted by atomic mass is 9.99. The molecule has 26 heavy (non-hydrogen) atoms. The molecular weight excluding hydrogens is 346 g/mol. The number of ether oxygens (including phenoxy) is 1. The Balaban J connectivity index is 1.90. The fourth-order valence-electron chi connectivity index (χ4n) is 2.92. The number of rotatable bonds is 4. The third kappa shape index (κ3) is 3.09. The molecule has 0 saturated carbocycles. The minimum atomic E-state index is 0.607. The molecule has 0 aliphatic heterocycles. The molecule has 1 heterocycles. The smallest absolute Gasteiger partial charge is 0.227 e. The average molecular weight is 362 g/mol. The van der Waals surface area contributed by atoms with Crippen LogP contribution in [0.3, 0.4) is 0 Å². The molecule has 0 aliphatic carbocycles. The van der Waals surface area contributed by atoms with E-state index in [-0.39, 0.29) is 0 Å². The van der Waals surface area contributed by atoms with Crippen molar-refractivity contribution in [3.05, 3.63) is 83.6 Å². The van der Waals surface area contributed by atoms with Gasteiger partial charge in [-0.2, -0.15) is 0 Å². The van der Waals surface area contributed by atoms with Crippen LogP contribution in [0.4, 0.5) is 0 Å². The third-order valence-corrected chi connectivity index (χ3v) is 4.36. The first-order chi connectivity index (χ1) is 12.8. The monoisotopic (exact) mass is 361 g/mol. The van der Waals surface area contributed by atoms with Crippen LogP contribution in [0.1, 0.15) is 5.56 Å². The molecule has 0 unspecified atom stereocenters. The minimum Gasteiger partial charge on any atom is -0.504 e. The van der Waals surface area contributed by atoms with Gasteiger partial charge in [0.1, 0.15) is 5.52 Å². The van der Waals surface area contributed by atoms with E-state index in [1.54, 1.807) is 13.4 Å². The lowest BCUT2D eigenvalue weighted by molar-refractivity contribution is 0.341. The molecule has 0 atom stereocenters. The van der Waals surface area contributed by atoms with Crippen molar-refractivity contribution >= 4 is 28.8 Å². The van der Waals surface area contributed by atoms with Crippen LogP contribution in [0.25, 0.3) is 39.8 Å². The normalized spacial score (nSPS) is 11.3. The van der Waals surface area contributed by atoms with Gasteiger partial charge in [0.25, 0.3) is 0 Å². The predicted octanol–water partition coefficient (Wildman–Crippen LogP) is 6.43. The highest BCUT2D eigenvalue weighted by atomic mass is 35.5. The van der Waals surface area contributed by atoms with E-state index in [0.29, 0.717) is 10.9 Å². The Kier molecular flexibility index (Phi) is 4.46. The fraction of sp³-hybridized carbons (Fsp3) is 0.0455. The predicted molar refractivity (Wildman–Crippen MR) is 106 cm³/mol. The molecule has 0 radical (unpaired) electrons. The van der Waals surface area contributed by atoms with Crippen LogP contribution in [-0.4, -0.2) is 12.1 Å². The number of hydrogen-bond donors (Lipinski definition) is 0. The van der Waals surface area contributed by atoms with Crippen LogP contribution < -0.4 is 0 Å². The van der Waals surface area contributed by atoms with E-state index in [4.69, 9.17) is 20.8 Å². The number of aromatic nitrogens is 1. The number of fused-ring (bicyclic) bond motifs is 1. The Morgan fingerprint density at radius 2 is 1.81 bits per heavy atom. The lowest BCUT2D eigenvalue weighted by Gasteiger charge is -2.07. The molecule has 0 amide bonds. The average Bonchev–Trinajstić information content (AvgIpc) is 3.12. The fourth-order valence-corrected chi connectivity index (χ4v) is 3.10. The van der Waals surface area contributed by atoms with Gasteiger partial charge in [-0.15, -0.1) is 0 Å². The number of halogens is 1. The van der Waals surface area contributed by atoms with E-state index < -0.39 is 0 Å². The van der Waals surface area contributed by atoms with Gasteiger partial charge in [0.05, 0.1) is 13.4 Å². The van der Waals surface area contributed by atoms with Crippen molar-refractivity contribution in [2.24, 2.45) is 0 Å². The second kappa shape index (κ2) is 7.06. The van der Waals surface area contributed by atoms with Crippen LogP contribution in [0.2, 0.25) is 5.02 Å². The van der Waals surface area contributed by atoms with E-state index in [1.807, 2.05) is 72.8 Å². The van der Waals surface area contributed by atoms with Crippen molar-refractivity contribution < 1.29 is 9.15 Å². The molecule has 4 rings (SSSR count). The lowest BCUT2D eigenvalue weighted by Crippen LogP contribution is -1.85. The second-order valence-corrected chi connectivity index (χ2v) is 6.25. The van der Waals surface area contributed by atoms with Crippen molar-refractivity contribution in [3.63, 3.8) is 0 Å². The summed E-state index contributed by atoms with van der Waals surface area (Å²) >= 11 is 6.18. The zero-order valence-corrected chi connectivity index (χ0v) is 14.9. The molecule has 0 aliphatic rings. The van der Waals surface area contributed by atoms with Gasteiger partial charge < -0.3 is 9.15 Å². The Hall–Kier alpha value is -3.04. The molecule has 0 bridgehead atoms. The van der Waals surface area contributed by atoms with Gasteiger partial charge >= 0.3 is 0 Å². The van der Waals surface area contributed by atoms with E-state index in [9.17, 15) is 0 Å². The number of para-hydroxylation sites is 1. The number of methoxy groups -OCH3 is 1.